The lowest BCUT2D eigenvalue weighted by Crippen LogP contribution is -3.30. The minimum absolute atomic E-state index is 0.0852. The molecule has 144 valence electrons. The van der Waals surface area contributed by atoms with Gasteiger partial charge in [-0.2, -0.15) is 0 Å². The van der Waals surface area contributed by atoms with Crippen LogP contribution in [-0.4, -0.2) is 57.1 Å². The average molecular weight is 387 g/mol. The molecule has 8 heteroatoms. The van der Waals surface area contributed by atoms with Gasteiger partial charge in [-0.15, -0.1) is 0 Å². The number of hydrogen-bond acceptors (Lipinski definition) is 2. The van der Waals surface area contributed by atoms with Crippen LogP contribution < -0.4 is 20.4 Å². The maximum absolute atomic E-state index is 13.1. The van der Waals surface area contributed by atoms with E-state index in [0.717, 1.165) is 32.6 Å². The summed E-state index contributed by atoms with van der Waals surface area (Å²) < 4.78 is 13.1. The smallest absolute Gasteiger partial charge is 0.282 e. The summed E-state index contributed by atoms with van der Waals surface area (Å²) in [4.78, 5) is 26.7. The predicted molar refractivity (Wildman–Crippen MR) is 99.1 cm³/mol. The topological polar surface area (TPSA) is 67.1 Å². The van der Waals surface area contributed by atoms with Crippen LogP contribution in [0.3, 0.4) is 0 Å². The first kappa shape index (κ1) is 20.6. The Balaban J connectivity index is 1.80. The first-order valence-corrected chi connectivity index (χ1v) is 9.49. The Bertz CT molecular complexity index is 636. The van der Waals surface area contributed by atoms with E-state index in [1.807, 2.05) is 13.8 Å². The number of anilines is 1. The fourth-order valence-electron chi connectivity index (χ4n) is 3.11. The van der Waals surface area contributed by atoms with E-state index in [0.29, 0.717) is 18.8 Å². The van der Waals surface area contributed by atoms with Crippen LogP contribution in [0.2, 0.25) is 5.02 Å². The Labute approximate surface area is 158 Å². The van der Waals surface area contributed by atoms with Gasteiger partial charge in [0.15, 0.2) is 12.6 Å². The summed E-state index contributed by atoms with van der Waals surface area (Å²) in [6.07, 6.45) is 0.934. The third kappa shape index (κ3) is 5.93. The molecule has 1 fully saturated rings. The third-order valence-corrected chi connectivity index (χ3v) is 5.09. The maximum atomic E-state index is 13.1. The molecular formula is C18H28ClFN4O2+2. The fourth-order valence-corrected chi connectivity index (χ4v) is 3.32. The summed E-state index contributed by atoms with van der Waals surface area (Å²) >= 11 is 5.97. The van der Waals surface area contributed by atoms with Gasteiger partial charge >= 0.3 is 0 Å². The van der Waals surface area contributed by atoms with E-state index in [4.69, 9.17) is 11.6 Å². The second kappa shape index (κ2) is 9.85. The summed E-state index contributed by atoms with van der Waals surface area (Å²) in [5.74, 6) is -0.492. The van der Waals surface area contributed by atoms with Gasteiger partial charge in [-0.25, -0.2) is 4.39 Å². The van der Waals surface area contributed by atoms with Crippen LogP contribution in [0.15, 0.2) is 18.2 Å². The first-order valence-electron chi connectivity index (χ1n) is 9.11. The quantitative estimate of drug-likeness (QED) is 0.491. The summed E-state index contributed by atoms with van der Waals surface area (Å²) in [5.41, 5.74) is 0.418. The molecule has 1 atom stereocenters. The Morgan fingerprint density at radius 1 is 1.27 bits per heavy atom. The van der Waals surface area contributed by atoms with Crippen molar-refractivity contribution in [3.05, 3.63) is 29.0 Å². The molecular weight excluding hydrogens is 359 g/mol. The molecule has 2 rings (SSSR count). The third-order valence-electron chi connectivity index (χ3n) is 4.78. The van der Waals surface area contributed by atoms with Gasteiger partial charge in [0.05, 0.1) is 10.7 Å². The summed E-state index contributed by atoms with van der Waals surface area (Å²) in [6, 6.07) is 3.67. The molecule has 2 amide bonds. The van der Waals surface area contributed by atoms with E-state index in [-0.39, 0.29) is 22.9 Å². The minimum atomic E-state index is -0.436. The van der Waals surface area contributed by atoms with Gasteiger partial charge in [-0.3, -0.25) is 9.59 Å². The highest BCUT2D eigenvalue weighted by molar-refractivity contribution is 6.33. The molecule has 0 radical (unpaired) electrons. The van der Waals surface area contributed by atoms with Crippen molar-refractivity contribution in [1.29, 1.82) is 0 Å². The van der Waals surface area contributed by atoms with E-state index in [1.54, 1.807) is 0 Å². The molecule has 6 nitrogen and oxygen atoms in total. The summed E-state index contributed by atoms with van der Waals surface area (Å²) in [7, 11) is 0. The molecule has 1 saturated heterocycles. The number of amides is 2. The molecule has 4 N–H and O–H groups in total. The Morgan fingerprint density at radius 3 is 2.58 bits per heavy atom. The number of rotatable bonds is 7. The largest absolute Gasteiger partial charge is 0.351 e. The summed E-state index contributed by atoms with van der Waals surface area (Å²) in [6.45, 7) is 8.45. The van der Waals surface area contributed by atoms with E-state index >= 15 is 0 Å². The summed E-state index contributed by atoms with van der Waals surface area (Å²) in [5, 5.41) is 5.86. The molecule has 1 heterocycles. The van der Waals surface area contributed by atoms with Crippen LogP contribution in [0.4, 0.5) is 10.1 Å². The lowest BCUT2D eigenvalue weighted by molar-refractivity contribution is -1.01. The van der Waals surface area contributed by atoms with Crippen molar-refractivity contribution in [2.75, 3.05) is 44.6 Å². The zero-order valence-corrected chi connectivity index (χ0v) is 16.1. The van der Waals surface area contributed by atoms with Crippen LogP contribution in [0.5, 0.6) is 0 Å². The number of carbonyl (C=O) groups excluding carboxylic acids is 2. The minimum Gasteiger partial charge on any atom is -0.351 e. The lowest BCUT2D eigenvalue weighted by atomic mass is 10.2. The number of nitrogens with one attached hydrogen (secondary N) is 4. The maximum Gasteiger partial charge on any atom is 0.282 e. The first-order chi connectivity index (χ1) is 12.4. The Kier molecular flexibility index (Phi) is 7.81. The van der Waals surface area contributed by atoms with Crippen molar-refractivity contribution in [3.63, 3.8) is 0 Å². The van der Waals surface area contributed by atoms with Gasteiger partial charge in [-0.05, 0) is 31.5 Å². The van der Waals surface area contributed by atoms with E-state index in [9.17, 15) is 14.0 Å². The van der Waals surface area contributed by atoms with Gasteiger partial charge in [0.1, 0.15) is 32.0 Å². The molecule has 0 spiro atoms. The molecule has 26 heavy (non-hydrogen) atoms. The molecule has 0 bridgehead atoms. The van der Waals surface area contributed by atoms with Crippen LogP contribution in [-0.2, 0) is 9.59 Å². The molecule has 1 aromatic carbocycles. The highest BCUT2D eigenvalue weighted by atomic mass is 35.5. The highest BCUT2D eigenvalue weighted by Gasteiger charge is 2.31. The Hall–Kier alpha value is -1.70. The Morgan fingerprint density at radius 2 is 1.96 bits per heavy atom. The van der Waals surface area contributed by atoms with Crippen molar-refractivity contribution >= 4 is 29.1 Å². The van der Waals surface area contributed by atoms with E-state index in [2.05, 4.69) is 10.6 Å². The molecule has 0 saturated carbocycles. The number of quaternary nitrogens is 2. The van der Waals surface area contributed by atoms with Crippen molar-refractivity contribution in [3.8, 4) is 0 Å². The molecule has 0 aromatic heterocycles. The van der Waals surface area contributed by atoms with Crippen molar-refractivity contribution in [2.24, 2.45) is 0 Å². The van der Waals surface area contributed by atoms with Crippen LogP contribution in [0, 0.1) is 5.82 Å². The van der Waals surface area contributed by atoms with Crippen molar-refractivity contribution < 1.29 is 23.8 Å². The van der Waals surface area contributed by atoms with Crippen LogP contribution in [0.25, 0.3) is 0 Å². The zero-order chi connectivity index (χ0) is 19.1. The van der Waals surface area contributed by atoms with Crippen LogP contribution >= 0.6 is 11.6 Å². The van der Waals surface area contributed by atoms with Gasteiger partial charge < -0.3 is 20.4 Å². The lowest BCUT2D eigenvalue weighted by Gasteiger charge is -2.32. The van der Waals surface area contributed by atoms with Crippen molar-refractivity contribution in [1.82, 2.24) is 5.32 Å². The number of carbonyl (C=O) groups is 2. The number of piperazine rings is 1. The van der Waals surface area contributed by atoms with Gasteiger partial charge in [0.2, 0.25) is 0 Å². The predicted octanol–water partition coefficient (Wildman–Crippen LogP) is -0.884. The van der Waals surface area contributed by atoms with Gasteiger partial charge in [0.25, 0.3) is 11.8 Å². The van der Waals surface area contributed by atoms with Crippen molar-refractivity contribution in [2.45, 2.75) is 26.3 Å². The van der Waals surface area contributed by atoms with E-state index < -0.39 is 5.82 Å². The highest BCUT2D eigenvalue weighted by Crippen LogP contribution is 2.22. The SMILES string of the molecule is CCCNC(=O)C[NH+]1CC[NH+]([C@H](C)C(=O)Nc2ccc(F)cc2Cl)CC1. The normalized spacial score (nSPS) is 21.1. The number of halogens is 2. The van der Waals surface area contributed by atoms with Gasteiger partial charge in [-0.1, -0.05) is 18.5 Å². The molecule has 0 unspecified atom stereocenters. The zero-order valence-electron chi connectivity index (χ0n) is 15.3. The second-order valence-corrected chi connectivity index (χ2v) is 7.18. The average Bonchev–Trinajstić information content (AvgIpc) is 2.62. The van der Waals surface area contributed by atoms with Gasteiger partial charge in [0, 0.05) is 6.54 Å². The number of hydrogen-bond donors (Lipinski definition) is 4. The fraction of sp³-hybridized carbons (Fsp3) is 0.556. The standard InChI is InChI=1S/C18H26ClFN4O2/c1-3-6-21-17(25)12-23-7-9-24(10-8-23)13(2)18(26)22-16-5-4-14(20)11-15(16)19/h4-5,11,13H,3,6-10,12H2,1-2H3,(H,21,25)(H,22,26)/p+2/t13-/m1/s1. The monoisotopic (exact) mass is 386 g/mol. The molecule has 1 aliphatic rings. The van der Waals surface area contributed by atoms with Crippen LogP contribution in [0.1, 0.15) is 20.3 Å². The molecule has 1 aromatic rings. The molecule has 0 aliphatic carbocycles. The molecule has 1 aliphatic heterocycles. The van der Waals surface area contributed by atoms with E-state index in [1.165, 1.54) is 28.0 Å². The second-order valence-electron chi connectivity index (χ2n) is 6.77. The number of benzene rings is 1.